The highest BCUT2D eigenvalue weighted by molar-refractivity contribution is 5.80. The first-order valence-electron chi connectivity index (χ1n) is 8.32. The van der Waals surface area contributed by atoms with Gasteiger partial charge in [-0.3, -0.25) is 14.7 Å². The Morgan fingerprint density at radius 2 is 2.04 bits per heavy atom. The summed E-state index contributed by atoms with van der Waals surface area (Å²) in [6.45, 7) is 4.36. The van der Waals surface area contributed by atoms with Gasteiger partial charge in [0, 0.05) is 77.6 Å². The molecule has 1 spiro atoms. The van der Waals surface area contributed by atoms with Crippen LogP contribution in [-0.4, -0.2) is 78.4 Å². The minimum Gasteiger partial charge on any atom is -0.355 e. The van der Waals surface area contributed by atoms with Crippen LogP contribution in [0.3, 0.4) is 0 Å². The second-order valence-electron chi connectivity index (χ2n) is 7.12. The molecule has 3 heterocycles. The highest BCUT2D eigenvalue weighted by atomic mass is 16.2. The Kier molecular flexibility index (Phi) is 4.71. The summed E-state index contributed by atoms with van der Waals surface area (Å²) in [5, 5.41) is 2.95. The second-order valence-corrected chi connectivity index (χ2v) is 7.12. The average molecular weight is 331 g/mol. The molecule has 7 heteroatoms. The third kappa shape index (κ3) is 3.67. The van der Waals surface area contributed by atoms with Crippen molar-refractivity contribution in [2.45, 2.75) is 13.0 Å². The third-order valence-corrected chi connectivity index (χ3v) is 4.78. The Balaban J connectivity index is 1.78. The fourth-order valence-corrected chi connectivity index (χ4v) is 3.65. The summed E-state index contributed by atoms with van der Waals surface area (Å²) in [5.41, 5.74) is 0.997. The second kappa shape index (κ2) is 6.76. The number of carbonyl (C=O) groups excluding carboxylic acids is 2. The van der Waals surface area contributed by atoms with Gasteiger partial charge in [-0.2, -0.15) is 0 Å². The van der Waals surface area contributed by atoms with Gasteiger partial charge in [-0.05, 0) is 17.7 Å². The van der Waals surface area contributed by atoms with Gasteiger partial charge in [0.15, 0.2) is 0 Å². The fourth-order valence-electron chi connectivity index (χ4n) is 3.65. The van der Waals surface area contributed by atoms with Gasteiger partial charge in [-0.15, -0.1) is 0 Å². The Labute approximate surface area is 142 Å². The molecule has 24 heavy (non-hydrogen) atoms. The van der Waals surface area contributed by atoms with Crippen LogP contribution in [0.15, 0.2) is 24.5 Å². The number of aromatic nitrogens is 1. The van der Waals surface area contributed by atoms with E-state index in [9.17, 15) is 9.59 Å². The van der Waals surface area contributed by atoms with E-state index in [0.717, 1.165) is 19.6 Å². The van der Waals surface area contributed by atoms with Gasteiger partial charge >= 0.3 is 6.03 Å². The van der Waals surface area contributed by atoms with E-state index in [-0.39, 0.29) is 17.4 Å². The summed E-state index contributed by atoms with van der Waals surface area (Å²) in [5.74, 6) is 0.0815. The molecule has 1 atom stereocenters. The molecule has 3 rings (SSSR count). The number of pyridine rings is 1. The van der Waals surface area contributed by atoms with E-state index in [0.29, 0.717) is 26.1 Å². The van der Waals surface area contributed by atoms with Gasteiger partial charge in [-0.25, -0.2) is 4.79 Å². The predicted molar refractivity (Wildman–Crippen MR) is 90.2 cm³/mol. The summed E-state index contributed by atoms with van der Waals surface area (Å²) >= 11 is 0. The number of carbonyl (C=O) groups is 2. The summed E-state index contributed by atoms with van der Waals surface area (Å²) < 4.78 is 0. The van der Waals surface area contributed by atoms with Crippen molar-refractivity contribution in [2.24, 2.45) is 5.41 Å². The van der Waals surface area contributed by atoms with Crippen molar-refractivity contribution < 1.29 is 9.59 Å². The van der Waals surface area contributed by atoms with Gasteiger partial charge in [0.2, 0.25) is 5.91 Å². The van der Waals surface area contributed by atoms with Crippen LogP contribution >= 0.6 is 0 Å². The molecule has 7 nitrogen and oxygen atoms in total. The first-order valence-corrected chi connectivity index (χ1v) is 8.32. The Hall–Kier alpha value is -2.15. The van der Waals surface area contributed by atoms with Crippen LogP contribution in [0, 0.1) is 5.41 Å². The number of nitrogens with one attached hydrogen (secondary N) is 1. The molecule has 0 unspecified atom stereocenters. The van der Waals surface area contributed by atoms with Crippen LogP contribution < -0.4 is 5.32 Å². The molecular weight excluding hydrogens is 306 g/mol. The van der Waals surface area contributed by atoms with Crippen molar-refractivity contribution in [1.82, 2.24) is 25.0 Å². The predicted octanol–water partition coefficient (Wildman–Crippen LogP) is 0.387. The zero-order chi connectivity index (χ0) is 17.2. The molecule has 2 aliphatic heterocycles. The van der Waals surface area contributed by atoms with Crippen LogP contribution in [0.2, 0.25) is 0 Å². The van der Waals surface area contributed by atoms with E-state index in [1.807, 2.05) is 17.0 Å². The highest BCUT2D eigenvalue weighted by Crippen LogP contribution is 2.31. The Morgan fingerprint density at radius 1 is 1.29 bits per heavy atom. The number of amides is 3. The molecule has 1 N–H and O–H groups in total. The molecule has 0 aliphatic carbocycles. The summed E-state index contributed by atoms with van der Waals surface area (Å²) in [6.07, 6.45) is 4.08. The van der Waals surface area contributed by atoms with E-state index >= 15 is 0 Å². The minimum absolute atomic E-state index is 0.0134. The van der Waals surface area contributed by atoms with E-state index in [1.54, 1.807) is 31.4 Å². The normalized spacial score (nSPS) is 24.8. The minimum atomic E-state index is -0.202. The Bertz CT molecular complexity index is 606. The summed E-state index contributed by atoms with van der Waals surface area (Å²) in [6, 6.07) is 4.04. The molecular formula is C17H25N5O2. The van der Waals surface area contributed by atoms with E-state index in [4.69, 9.17) is 0 Å². The van der Waals surface area contributed by atoms with E-state index in [2.05, 4.69) is 15.2 Å². The maximum Gasteiger partial charge on any atom is 0.319 e. The molecule has 0 bridgehead atoms. The summed E-state index contributed by atoms with van der Waals surface area (Å²) in [7, 11) is 3.54. The lowest BCUT2D eigenvalue weighted by Gasteiger charge is -2.33. The van der Waals surface area contributed by atoms with Crippen molar-refractivity contribution in [3.05, 3.63) is 30.1 Å². The Morgan fingerprint density at radius 3 is 2.67 bits per heavy atom. The number of rotatable bonds is 2. The molecule has 0 saturated carbocycles. The molecule has 1 aromatic heterocycles. The first-order chi connectivity index (χ1) is 11.5. The number of hydrogen-bond acceptors (Lipinski definition) is 4. The number of nitrogens with zero attached hydrogens (tertiary/aromatic N) is 4. The fraction of sp³-hybridized carbons (Fsp3) is 0.588. The lowest BCUT2D eigenvalue weighted by atomic mass is 9.86. The molecule has 0 radical (unpaired) electrons. The molecule has 2 fully saturated rings. The van der Waals surface area contributed by atoms with Crippen molar-refractivity contribution in [3.8, 4) is 0 Å². The van der Waals surface area contributed by atoms with Gasteiger partial charge in [0.25, 0.3) is 0 Å². The number of hydrogen-bond donors (Lipinski definition) is 1. The van der Waals surface area contributed by atoms with Crippen LogP contribution in [-0.2, 0) is 11.3 Å². The zero-order valence-electron chi connectivity index (χ0n) is 14.4. The topological polar surface area (TPSA) is 68.8 Å². The standard InChI is InChI=1S/C17H25N5O2/c1-20(2)16(24)22-8-7-21(10-14-3-5-18-6-4-14)12-17(13-22)9-15(23)19-11-17/h3-6H,7-13H2,1-2H3,(H,19,23)/t17-/m0/s1. The number of urea groups is 1. The first kappa shape index (κ1) is 16.7. The van der Waals surface area contributed by atoms with E-state index < -0.39 is 0 Å². The van der Waals surface area contributed by atoms with Crippen molar-refractivity contribution in [1.29, 1.82) is 0 Å². The molecule has 0 aromatic carbocycles. The molecule has 1 aromatic rings. The third-order valence-electron chi connectivity index (χ3n) is 4.78. The quantitative estimate of drug-likeness (QED) is 0.851. The van der Waals surface area contributed by atoms with Crippen molar-refractivity contribution in [3.63, 3.8) is 0 Å². The van der Waals surface area contributed by atoms with Gasteiger partial charge in [0.1, 0.15) is 0 Å². The SMILES string of the molecule is CN(C)C(=O)N1CCN(Cc2ccncc2)C[C@]2(CNC(=O)C2)C1. The lowest BCUT2D eigenvalue weighted by Crippen LogP contribution is -2.47. The van der Waals surface area contributed by atoms with E-state index in [1.165, 1.54) is 5.56 Å². The molecule has 2 aliphatic rings. The largest absolute Gasteiger partial charge is 0.355 e. The van der Waals surface area contributed by atoms with Crippen LogP contribution in [0.4, 0.5) is 4.79 Å². The van der Waals surface area contributed by atoms with Gasteiger partial charge in [0.05, 0.1) is 0 Å². The monoisotopic (exact) mass is 331 g/mol. The molecule has 3 amide bonds. The average Bonchev–Trinajstić information content (AvgIpc) is 2.81. The smallest absolute Gasteiger partial charge is 0.319 e. The highest BCUT2D eigenvalue weighted by Gasteiger charge is 2.44. The maximum atomic E-state index is 12.5. The van der Waals surface area contributed by atoms with Gasteiger partial charge in [-0.1, -0.05) is 0 Å². The zero-order valence-corrected chi connectivity index (χ0v) is 14.4. The van der Waals surface area contributed by atoms with Crippen molar-refractivity contribution >= 4 is 11.9 Å². The maximum absolute atomic E-state index is 12.5. The van der Waals surface area contributed by atoms with Crippen LogP contribution in [0.25, 0.3) is 0 Å². The van der Waals surface area contributed by atoms with Crippen LogP contribution in [0.1, 0.15) is 12.0 Å². The molecule has 130 valence electrons. The van der Waals surface area contributed by atoms with Crippen LogP contribution in [0.5, 0.6) is 0 Å². The lowest BCUT2D eigenvalue weighted by molar-refractivity contribution is -0.119. The summed E-state index contributed by atoms with van der Waals surface area (Å²) in [4.78, 5) is 34.2. The molecule has 2 saturated heterocycles. The van der Waals surface area contributed by atoms with Gasteiger partial charge < -0.3 is 15.1 Å². The van der Waals surface area contributed by atoms with Crippen molar-refractivity contribution in [2.75, 3.05) is 46.8 Å².